The molecule has 2 N–H and O–H groups in total. The first-order valence-electron chi connectivity index (χ1n) is 12.3. The van der Waals surface area contributed by atoms with Crippen LogP contribution in [0.4, 0.5) is 10.3 Å². The number of aromatic nitrogens is 5. The number of fused-ring (bicyclic) bond motifs is 1. The minimum Gasteiger partial charge on any atom is -0.300 e. The molecule has 38 heavy (non-hydrogen) atoms. The second-order valence-corrected chi connectivity index (χ2v) is 11.8. The van der Waals surface area contributed by atoms with Gasteiger partial charge in [-0.1, -0.05) is 48.3 Å². The van der Waals surface area contributed by atoms with E-state index in [0.717, 1.165) is 22.9 Å². The summed E-state index contributed by atoms with van der Waals surface area (Å²) in [6, 6.07) is 5.50. The first kappa shape index (κ1) is 26.0. The van der Waals surface area contributed by atoms with E-state index in [1.165, 1.54) is 22.7 Å². The van der Waals surface area contributed by atoms with Crippen molar-refractivity contribution in [2.24, 2.45) is 16.8 Å². The Morgan fingerprint density at radius 2 is 1.95 bits per heavy atom. The van der Waals surface area contributed by atoms with E-state index in [1.807, 2.05) is 18.2 Å². The molecular formula is C26H28N8O2S2. The number of nitrogens with zero attached hydrogens (tertiary/aromatic N) is 6. The summed E-state index contributed by atoms with van der Waals surface area (Å²) < 4.78 is 0. The van der Waals surface area contributed by atoms with E-state index in [1.54, 1.807) is 31.5 Å². The summed E-state index contributed by atoms with van der Waals surface area (Å²) in [7, 11) is 0. The number of hydrogen-bond acceptors (Lipinski definition) is 10. The Balaban J connectivity index is 1.12. The van der Waals surface area contributed by atoms with Gasteiger partial charge in [-0.25, -0.2) is 0 Å². The summed E-state index contributed by atoms with van der Waals surface area (Å²) in [5, 5.41) is 25.8. The molecule has 3 heterocycles. The van der Waals surface area contributed by atoms with E-state index in [-0.39, 0.29) is 30.1 Å². The van der Waals surface area contributed by atoms with Gasteiger partial charge in [0.25, 0.3) is 0 Å². The number of pyridine rings is 1. The molecule has 0 radical (unpaired) electrons. The minimum atomic E-state index is -0.164. The highest BCUT2D eigenvalue weighted by Crippen LogP contribution is 2.68. The third-order valence-electron chi connectivity index (χ3n) is 7.19. The van der Waals surface area contributed by atoms with Crippen LogP contribution < -0.4 is 10.6 Å². The predicted octanol–water partition coefficient (Wildman–Crippen LogP) is 4.54. The van der Waals surface area contributed by atoms with Crippen LogP contribution in [0, 0.1) is 11.8 Å². The fourth-order valence-corrected chi connectivity index (χ4v) is 7.11. The lowest BCUT2D eigenvalue weighted by Gasteiger charge is -2.63. The van der Waals surface area contributed by atoms with Crippen LogP contribution >= 0.6 is 22.7 Å². The van der Waals surface area contributed by atoms with Crippen LogP contribution in [-0.4, -0.2) is 42.9 Å². The van der Waals surface area contributed by atoms with Crippen LogP contribution in [0.1, 0.15) is 54.7 Å². The SMILES string of the molecule is C=C/C=C\N=C(C)CC(=O)Nc1nnc([C@H]2CC3C2C[C@@]3(C)c2nnc(NC(=O)Cc3ccccn3)s2)s1. The van der Waals surface area contributed by atoms with Gasteiger partial charge in [-0.15, -0.1) is 20.4 Å². The molecule has 12 heteroatoms. The van der Waals surface area contributed by atoms with Gasteiger partial charge >= 0.3 is 0 Å². The smallest absolute Gasteiger partial charge is 0.232 e. The summed E-state index contributed by atoms with van der Waals surface area (Å²) in [6.45, 7) is 7.62. The highest BCUT2D eigenvalue weighted by Gasteiger charge is 2.63. The predicted molar refractivity (Wildman–Crippen MR) is 148 cm³/mol. The third kappa shape index (κ3) is 5.46. The van der Waals surface area contributed by atoms with Crippen molar-refractivity contribution in [1.29, 1.82) is 0 Å². The Morgan fingerprint density at radius 1 is 1.16 bits per heavy atom. The molecule has 10 nitrogen and oxygen atoms in total. The molecular weight excluding hydrogens is 520 g/mol. The normalized spacial score (nSPS) is 24.3. The second-order valence-electron chi connectivity index (χ2n) is 9.80. The summed E-state index contributed by atoms with van der Waals surface area (Å²) in [6.07, 6.45) is 8.99. The largest absolute Gasteiger partial charge is 0.300 e. The van der Waals surface area contributed by atoms with Crippen LogP contribution in [0.5, 0.6) is 0 Å². The molecule has 0 bridgehead atoms. The molecule has 3 aromatic heterocycles. The van der Waals surface area contributed by atoms with Crippen LogP contribution in [0.15, 0.2) is 54.3 Å². The van der Waals surface area contributed by atoms with E-state index in [2.05, 4.69) is 54.5 Å². The van der Waals surface area contributed by atoms with Gasteiger partial charge < -0.3 is 10.6 Å². The summed E-state index contributed by atoms with van der Waals surface area (Å²) in [4.78, 5) is 33.1. The van der Waals surface area contributed by atoms with Gasteiger partial charge in [0.1, 0.15) is 10.0 Å². The second kappa shape index (κ2) is 11.0. The van der Waals surface area contributed by atoms with Crippen molar-refractivity contribution in [2.45, 2.75) is 50.9 Å². The van der Waals surface area contributed by atoms with Crippen molar-refractivity contribution in [1.82, 2.24) is 25.4 Å². The molecule has 2 aliphatic rings. The first-order chi connectivity index (χ1) is 18.4. The summed E-state index contributed by atoms with van der Waals surface area (Å²) >= 11 is 2.89. The summed E-state index contributed by atoms with van der Waals surface area (Å²) in [5.41, 5.74) is 1.36. The van der Waals surface area contributed by atoms with Gasteiger partial charge in [0.15, 0.2) is 0 Å². The average Bonchev–Trinajstić information content (AvgIpc) is 3.53. The lowest BCUT2D eigenvalue weighted by molar-refractivity contribution is -0.116. The van der Waals surface area contributed by atoms with Gasteiger partial charge in [-0.3, -0.25) is 19.6 Å². The van der Waals surface area contributed by atoms with Crippen molar-refractivity contribution in [3.05, 3.63) is 65.0 Å². The standard InChI is InChI=1S/C26H28N8O2S2/c1-4-5-9-27-15(2)11-20(35)29-24-33-31-22(37-24)17-13-19-18(17)14-26(19,3)23-32-34-25(38-23)30-21(36)12-16-8-6-7-10-28-16/h4-10,17-19H,1,11-14H2,2-3H3,(H,29,33,35)(H,30,34,36)/b9-5-,27-15?/t17-,18?,19?,26+/m0/s1. The number of anilines is 2. The average molecular weight is 549 g/mol. The van der Waals surface area contributed by atoms with E-state index in [4.69, 9.17) is 0 Å². The topological polar surface area (TPSA) is 135 Å². The van der Waals surface area contributed by atoms with E-state index in [0.29, 0.717) is 39.4 Å². The molecule has 5 rings (SSSR count). The highest BCUT2D eigenvalue weighted by atomic mass is 32.1. The Kier molecular flexibility index (Phi) is 7.52. The molecule has 3 aromatic rings. The Bertz CT molecular complexity index is 1400. The molecule has 2 saturated carbocycles. The number of carbonyl (C=O) groups excluding carboxylic acids is 2. The number of aliphatic imine (C=N–C) groups is 1. The third-order valence-corrected chi connectivity index (χ3v) is 9.27. The molecule has 2 fully saturated rings. The van der Waals surface area contributed by atoms with Crippen molar-refractivity contribution in [2.75, 3.05) is 10.6 Å². The highest BCUT2D eigenvalue weighted by molar-refractivity contribution is 7.15. The maximum absolute atomic E-state index is 12.4. The summed E-state index contributed by atoms with van der Waals surface area (Å²) in [5.74, 6) is 1.02. The minimum absolute atomic E-state index is 0.0541. The molecule has 0 spiro atoms. The number of allylic oxidation sites excluding steroid dienone is 2. The van der Waals surface area contributed by atoms with Crippen molar-refractivity contribution < 1.29 is 9.59 Å². The Labute approximate surface area is 228 Å². The fourth-order valence-electron chi connectivity index (χ4n) is 5.18. The van der Waals surface area contributed by atoms with Gasteiger partial charge in [-0.05, 0) is 49.8 Å². The number of amides is 2. The first-order valence-corrected chi connectivity index (χ1v) is 14.0. The number of rotatable bonds is 10. The van der Waals surface area contributed by atoms with Crippen LogP contribution in [0.3, 0.4) is 0 Å². The molecule has 0 aliphatic heterocycles. The number of hydrogen-bond donors (Lipinski definition) is 2. The van der Waals surface area contributed by atoms with Crippen LogP contribution in [-0.2, 0) is 21.4 Å². The molecule has 2 amide bonds. The lowest BCUT2D eigenvalue weighted by atomic mass is 9.42. The van der Waals surface area contributed by atoms with Crippen molar-refractivity contribution in [3.8, 4) is 0 Å². The fraction of sp³-hybridized carbons (Fsp3) is 0.385. The van der Waals surface area contributed by atoms with Crippen molar-refractivity contribution >= 4 is 50.5 Å². The molecule has 0 saturated heterocycles. The molecule has 0 aromatic carbocycles. The maximum Gasteiger partial charge on any atom is 0.232 e. The van der Waals surface area contributed by atoms with Gasteiger partial charge in [0, 0.05) is 35.1 Å². The monoisotopic (exact) mass is 548 g/mol. The van der Waals surface area contributed by atoms with Crippen molar-refractivity contribution in [3.63, 3.8) is 0 Å². The van der Waals surface area contributed by atoms with E-state index in [9.17, 15) is 9.59 Å². The molecule has 4 atom stereocenters. The lowest BCUT2D eigenvalue weighted by Crippen LogP contribution is -2.58. The Morgan fingerprint density at radius 3 is 2.68 bits per heavy atom. The zero-order chi connectivity index (χ0) is 26.7. The van der Waals surface area contributed by atoms with Gasteiger partial charge in [0.2, 0.25) is 22.1 Å². The maximum atomic E-state index is 12.4. The number of nitrogens with one attached hydrogen (secondary N) is 2. The Hall–Kier alpha value is -3.64. The van der Waals surface area contributed by atoms with Crippen LogP contribution in [0.25, 0.3) is 0 Å². The van der Waals surface area contributed by atoms with E-state index < -0.39 is 0 Å². The molecule has 2 aliphatic carbocycles. The van der Waals surface area contributed by atoms with E-state index >= 15 is 0 Å². The number of carbonyl (C=O) groups is 2. The molecule has 2 unspecified atom stereocenters. The van der Waals surface area contributed by atoms with Gasteiger partial charge in [-0.2, -0.15) is 0 Å². The molecule has 196 valence electrons. The zero-order valence-corrected chi connectivity index (χ0v) is 22.8. The van der Waals surface area contributed by atoms with Gasteiger partial charge in [0.05, 0.1) is 12.8 Å². The van der Waals surface area contributed by atoms with Crippen LogP contribution in [0.2, 0.25) is 0 Å². The zero-order valence-electron chi connectivity index (χ0n) is 21.1. The quantitative estimate of drug-likeness (QED) is 0.281.